The number of nitrogens with zero attached hydrogens (tertiary/aromatic N) is 2. The summed E-state index contributed by atoms with van der Waals surface area (Å²) in [4.78, 5) is 3.26. The molecule has 0 radical (unpaired) electrons. The number of halogens is 4. The first-order chi connectivity index (χ1) is 6.07. The van der Waals surface area contributed by atoms with Crippen LogP contribution in [0.25, 0.3) is 0 Å². The van der Waals surface area contributed by atoms with E-state index < -0.39 is 23.5 Å². The minimum absolute atomic E-state index is 0.251. The SMILES string of the molecule is N#Cc1ncc(C(F)F)c(I)c1F. The maximum atomic E-state index is 13.0. The second kappa shape index (κ2) is 3.91. The Morgan fingerprint density at radius 1 is 1.54 bits per heavy atom. The van der Waals surface area contributed by atoms with Crippen molar-refractivity contribution in [3.8, 4) is 6.07 Å². The number of hydrogen-bond acceptors (Lipinski definition) is 2. The van der Waals surface area contributed by atoms with Gasteiger partial charge in [0.2, 0.25) is 0 Å². The van der Waals surface area contributed by atoms with Crippen LogP contribution in [0.4, 0.5) is 13.2 Å². The van der Waals surface area contributed by atoms with E-state index in [4.69, 9.17) is 5.26 Å². The zero-order chi connectivity index (χ0) is 10.0. The summed E-state index contributed by atoms with van der Waals surface area (Å²) in [5.41, 5.74) is -0.953. The number of alkyl halides is 2. The highest BCUT2D eigenvalue weighted by Crippen LogP contribution is 2.26. The molecule has 68 valence electrons. The molecule has 0 spiro atoms. The fourth-order valence-electron chi connectivity index (χ4n) is 0.708. The van der Waals surface area contributed by atoms with Crippen LogP contribution in [0.1, 0.15) is 17.7 Å². The molecule has 0 aliphatic heterocycles. The molecular weight excluding hydrogens is 296 g/mol. The molecule has 0 atom stereocenters. The molecular formula is C7H2F3IN2. The predicted molar refractivity (Wildman–Crippen MR) is 46.6 cm³/mol. The van der Waals surface area contributed by atoms with E-state index in [2.05, 4.69) is 4.98 Å². The smallest absolute Gasteiger partial charge is 0.242 e. The van der Waals surface area contributed by atoms with E-state index in [0.717, 1.165) is 6.20 Å². The van der Waals surface area contributed by atoms with Gasteiger partial charge in [-0.2, -0.15) is 5.26 Å². The van der Waals surface area contributed by atoms with Gasteiger partial charge in [0.15, 0.2) is 11.5 Å². The molecule has 0 saturated carbocycles. The molecule has 1 rings (SSSR count). The van der Waals surface area contributed by atoms with Crippen LogP contribution >= 0.6 is 22.6 Å². The third kappa shape index (κ3) is 1.91. The van der Waals surface area contributed by atoms with Gasteiger partial charge in [0.1, 0.15) is 6.07 Å². The van der Waals surface area contributed by atoms with Crippen LogP contribution in [-0.2, 0) is 0 Å². The summed E-state index contributed by atoms with van der Waals surface area (Å²) in [5, 5.41) is 8.33. The van der Waals surface area contributed by atoms with Gasteiger partial charge in [-0.25, -0.2) is 18.2 Å². The zero-order valence-corrected chi connectivity index (χ0v) is 8.22. The molecule has 0 aliphatic rings. The standard InChI is InChI=1S/C7H2F3IN2/c8-5-4(1-12)13-2-3(6(5)11)7(9)10/h2,7H. The summed E-state index contributed by atoms with van der Waals surface area (Å²) >= 11 is 1.42. The Balaban J connectivity index is 3.33. The quantitative estimate of drug-likeness (QED) is 0.747. The van der Waals surface area contributed by atoms with Crippen LogP contribution in [0.3, 0.4) is 0 Å². The lowest BCUT2D eigenvalue weighted by Gasteiger charge is -2.03. The molecule has 1 aromatic rings. The Labute approximate surface area is 85.5 Å². The first kappa shape index (κ1) is 10.2. The monoisotopic (exact) mass is 298 g/mol. The number of aromatic nitrogens is 1. The van der Waals surface area contributed by atoms with Gasteiger partial charge in [-0.3, -0.25) is 0 Å². The van der Waals surface area contributed by atoms with Gasteiger partial charge < -0.3 is 0 Å². The van der Waals surface area contributed by atoms with Crippen molar-refractivity contribution in [2.24, 2.45) is 0 Å². The maximum absolute atomic E-state index is 13.0. The van der Waals surface area contributed by atoms with Gasteiger partial charge in [-0.05, 0) is 22.6 Å². The number of hydrogen-bond donors (Lipinski definition) is 0. The van der Waals surface area contributed by atoms with Gasteiger partial charge >= 0.3 is 0 Å². The molecule has 1 aromatic heterocycles. The van der Waals surface area contributed by atoms with Crippen molar-refractivity contribution in [3.05, 3.63) is 26.8 Å². The lowest BCUT2D eigenvalue weighted by Crippen LogP contribution is -1.99. The van der Waals surface area contributed by atoms with Crippen molar-refractivity contribution in [1.82, 2.24) is 4.98 Å². The van der Waals surface area contributed by atoms with Crippen molar-refractivity contribution in [3.63, 3.8) is 0 Å². The minimum atomic E-state index is -2.78. The second-order valence-corrected chi connectivity index (χ2v) is 3.18. The lowest BCUT2D eigenvalue weighted by atomic mass is 10.2. The van der Waals surface area contributed by atoms with Gasteiger partial charge in [-0.15, -0.1) is 0 Å². The van der Waals surface area contributed by atoms with Crippen LogP contribution in [-0.4, -0.2) is 4.98 Å². The molecule has 0 saturated heterocycles. The summed E-state index contributed by atoms with van der Waals surface area (Å²) in [5.74, 6) is -0.985. The lowest BCUT2D eigenvalue weighted by molar-refractivity contribution is 0.149. The van der Waals surface area contributed by atoms with Crippen LogP contribution in [0, 0.1) is 20.7 Å². The van der Waals surface area contributed by atoms with E-state index in [9.17, 15) is 13.2 Å². The second-order valence-electron chi connectivity index (χ2n) is 2.10. The highest BCUT2D eigenvalue weighted by molar-refractivity contribution is 14.1. The molecule has 6 heteroatoms. The molecule has 0 bridgehead atoms. The molecule has 13 heavy (non-hydrogen) atoms. The number of nitriles is 1. The van der Waals surface area contributed by atoms with Crippen molar-refractivity contribution >= 4 is 22.6 Å². The summed E-state index contributed by atoms with van der Waals surface area (Å²) < 4.78 is 37.0. The fraction of sp³-hybridized carbons (Fsp3) is 0.143. The third-order valence-electron chi connectivity index (χ3n) is 1.33. The minimum Gasteiger partial charge on any atom is -0.242 e. The van der Waals surface area contributed by atoms with Crippen LogP contribution < -0.4 is 0 Å². The zero-order valence-electron chi connectivity index (χ0n) is 6.06. The molecule has 2 nitrogen and oxygen atoms in total. The fourth-order valence-corrected chi connectivity index (χ4v) is 1.34. The Morgan fingerprint density at radius 3 is 2.62 bits per heavy atom. The Hall–Kier alpha value is -0.840. The van der Waals surface area contributed by atoms with E-state index in [-0.39, 0.29) is 3.57 Å². The molecule has 0 N–H and O–H groups in total. The predicted octanol–water partition coefficient (Wildman–Crippen LogP) is 2.63. The molecule has 1 heterocycles. The first-order valence-electron chi connectivity index (χ1n) is 3.10. The summed E-state index contributed by atoms with van der Waals surface area (Å²) in [6.45, 7) is 0. The van der Waals surface area contributed by atoms with E-state index >= 15 is 0 Å². The van der Waals surface area contributed by atoms with Gasteiger partial charge in [0, 0.05) is 6.20 Å². The van der Waals surface area contributed by atoms with Gasteiger partial charge in [0.25, 0.3) is 6.43 Å². The summed E-state index contributed by atoms with van der Waals surface area (Å²) in [6.07, 6.45) is -1.96. The van der Waals surface area contributed by atoms with E-state index in [1.54, 1.807) is 0 Å². The summed E-state index contributed by atoms with van der Waals surface area (Å²) in [7, 11) is 0. The van der Waals surface area contributed by atoms with Gasteiger partial charge in [-0.1, -0.05) is 0 Å². The molecule has 0 unspecified atom stereocenters. The maximum Gasteiger partial charge on any atom is 0.266 e. The Bertz CT molecular complexity index is 373. The van der Waals surface area contributed by atoms with Crippen molar-refractivity contribution < 1.29 is 13.2 Å². The average Bonchev–Trinajstić information content (AvgIpc) is 2.09. The highest BCUT2D eigenvalue weighted by Gasteiger charge is 2.18. The van der Waals surface area contributed by atoms with Gasteiger partial charge in [0.05, 0.1) is 9.13 Å². The molecule has 0 aromatic carbocycles. The largest absolute Gasteiger partial charge is 0.266 e. The average molecular weight is 298 g/mol. The van der Waals surface area contributed by atoms with Crippen molar-refractivity contribution in [2.75, 3.05) is 0 Å². The Morgan fingerprint density at radius 2 is 2.15 bits per heavy atom. The van der Waals surface area contributed by atoms with E-state index in [1.165, 1.54) is 28.7 Å². The molecule has 0 aliphatic carbocycles. The number of pyridine rings is 1. The topological polar surface area (TPSA) is 36.7 Å². The Kier molecular flexibility index (Phi) is 3.08. The molecule has 0 fully saturated rings. The normalized spacial score (nSPS) is 10.2. The van der Waals surface area contributed by atoms with E-state index in [1.807, 2.05) is 0 Å². The van der Waals surface area contributed by atoms with Crippen LogP contribution in [0.15, 0.2) is 6.20 Å². The molecule has 0 amide bonds. The summed E-state index contributed by atoms with van der Waals surface area (Å²) in [6, 6.07) is 1.47. The van der Waals surface area contributed by atoms with Crippen LogP contribution in [0.2, 0.25) is 0 Å². The van der Waals surface area contributed by atoms with Crippen LogP contribution in [0.5, 0.6) is 0 Å². The van der Waals surface area contributed by atoms with E-state index in [0.29, 0.717) is 0 Å². The highest BCUT2D eigenvalue weighted by atomic mass is 127. The number of rotatable bonds is 1. The van der Waals surface area contributed by atoms with Crippen molar-refractivity contribution in [1.29, 1.82) is 5.26 Å². The van der Waals surface area contributed by atoms with Crippen molar-refractivity contribution in [2.45, 2.75) is 6.43 Å². The first-order valence-corrected chi connectivity index (χ1v) is 4.18. The third-order valence-corrected chi connectivity index (χ3v) is 2.42.